The SMILES string of the molecule is C=C(NCCc1ccc2c(n1)NCCC2)Nc1ccccc1OC. The van der Waals surface area contributed by atoms with Crippen LogP contribution in [0.2, 0.25) is 0 Å². The van der Waals surface area contributed by atoms with Crippen LogP contribution in [0.4, 0.5) is 11.5 Å². The molecular weight excluding hydrogens is 300 g/mol. The minimum atomic E-state index is 0.746. The first-order valence-electron chi connectivity index (χ1n) is 8.32. The van der Waals surface area contributed by atoms with Gasteiger partial charge in [0.05, 0.1) is 18.6 Å². The molecule has 3 N–H and O–H groups in total. The second-order valence-corrected chi connectivity index (χ2v) is 5.82. The molecule has 0 radical (unpaired) electrons. The van der Waals surface area contributed by atoms with Crippen LogP contribution in [0.25, 0.3) is 0 Å². The van der Waals surface area contributed by atoms with Crippen molar-refractivity contribution in [2.75, 3.05) is 30.8 Å². The Labute approximate surface area is 143 Å². The average molecular weight is 324 g/mol. The van der Waals surface area contributed by atoms with E-state index < -0.39 is 0 Å². The number of pyridine rings is 1. The second kappa shape index (κ2) is 7.73. The van der Waals surface area contributed by atoms with Crippen molar-refractivity contribution in [3.8, 4) is 5.75 Å². The number of benzene rings is 1. The van der Waals surface area contributed by atoms with Gasteiger partial charge in [-0.3, -0.25) is 0 Å². The molecule has 1 aliphatic rings. The van der Waals surface area contributed by atoms with E-state index in [2.05, 4.69) is 34.7 Å². The number of rotatable bonds is 7. The first-order chi connectivity index (χ1) is 11.8. The van der Waals surface area contributed by atoms with Crippen molar-refractivity contribution in [3.63, 3.8) is 0 Å². The lowest BCUT2D eigenvalue weighted by atomic mass is 10.1. The predicted molar refractivity (Wildman–Crippen MR) is 98.5 cm³/mol. The highest BCUT2D eigenvalue weighted by Gasteiger charge is 2.10. The first-order valence-corrected chi connectivity index (χ1v) is 8.32. The third kappa shape index (κ3) is 3.98. The highest BCUT2D eigenvalue weighted by molar-refractivity contribution is 5.58. The average Bonchev–Trinajstić information content (AvgIpc) is 2.62. The number of fused-ring (bicyclic) bond motifs is 1. The summed E-state index contributed by atoms with van der Waals surface area (Å²) in [5.41, 5.74) is 3.30. The van der Waals surface area contributed by atoms with E-state index in [1.807, 2.05) is 24.3 Å². The number of methoxy groups -OCH3 is 1. The van der Waals surface area contributed by atoms with Crippen LogP contribution in [0.5, 0.6) is 5.75 Å². The third-order valence-electron chi connectivity index (χ3n) is 4.06. The standard InChI is InChI=1S/C19H24N4O/c1-14(22-17-7-3-4-8-18(17)24-2)20-13-11-16-10-9-15-6-5-12-21-19(15)23-16/h3-4,7-10,20,22H,1,5-6,11-13H2,2H3,(H,21,23). The van der Waals surface area contributed by atoms with Crippen molar-refractivity contribution in [1.82, 2.24) is 10.3 Å². The molecule has 0 saturated heterocycles. The van der Waals surface area contributed by atoms with Crippen LogP contribution in [0.3, 0.4) is 0 Å². The molecule has 0 fully saturated rings. The van der Waals surface area contributed by atoms with Crippen LogP contribution in [0.1, 0.15) is 17.7 Å². The Morgan fingerprint density at radius 3 is 3.04 bits per heavy atom. The maximum absolute atomic E-state index is 5.32. The van der Waals surface area contributed by atoms with E-state index in [-0.39, 0.29) is 0 Å². The van der Waals surface area contributed by atoms with Crippen LogP contribution in [-0.4, -0.2) is 25.2 Å². The molecule has 0 aliphatic carbocycles. The van der Waals surface area contributed by atoms with Crippen LogP contribution in [-0.2, 0) is 12.8 Å². The van der Waals surface area contributed by atoms with Crippen molar-refractivity contribution in [1.29, 1.82) is 0 Å². The highest BCUT2D eigenvalue weighted by atomic mass is 16.5. The first kappa shape index (κ1) is 16.2. The molecule has 1 aromatic heterocycles. The molecule has 5 nitrogen and oxygen atoms in total. The number of anilines is 2. The van der Waals surface area contributed by atoms with Gasteiger partial charge >= 0.3 is 0 Å². The van der Waals surface area contributed by atoms with Crippen LogP contribution < -0.4 is 20.7 Å². The van der Waals surface area contributed by atoms with E-state index in [9.17, 15) is 0 Å². The van der Waals surface area contributed by atoms with Crippen LogP contribution >= 0.6 is 0 Å². The lowest BCUT2D eigenvalue weighted by molar-refractivity contribution is 0.416. The van der Waals surface area contributed by atoms with Crippen LogP contribution in [0.15, 0.2) is 48.8 Å². The summed E-state index contributed by atoms with van der Waals surface area (Å²) >= 11 is 0. The number of hydrogen-bond acceptors (Lipinski definition) is 5. The zero-order valence-corrected chi connectivity index (χ0v) is 14.1. The van der Waals surface area contributed by atoms with Gasteiger partial charge in [-0.2, -0.15) is 0 Å². The zero-order chi connectivity index (χ0) is 16.8. The summed E-state index contributed by atoms with van der Waals surface area (Å²) in [6.45, 7) is 5.80. The van der Waals surface area contributed by atoms with Gasteiger partial charge in [0.2, 0.25) is 0 Å². The molecule has 1 aliphatic heterocycles. The Balaban J connectivity index is 1.50. The lowest BCUT2D eigenvalue weighted by Crippen LogP contribution is -2.22. The zero-order valence-electron chi connectivity index (χ0n) is 14.1. The van der Waals surface area contributed by atoms with Crippen molar-refractivity contribution in [2.45, 2.75) is 19.3 Å². The van der Waals surface area contributed by atoms with E-state index in [1.165, 1.54) is 12.0 Å². The van der Waals surface area contributed by atoms with Gasteiger partial charge in [-0.25, -0.2) is 4.98 Å². The van der Waals surface area contributed by atoms with Gasteiger partial charge in [0.25, 0.3) is 0 Å². The summed E-state index contributed by atoms with van der Waals surface area (Å²) in [5.74, 6) is 2.59. The minimum Gasteiger partial charge on any atom is -0.495 e. The highest BCUT2D eigenvalue weighted by Crippen LogP contribution is 2.23. The fraction of sp³-hybridized carbons (Fsp3) is 0.316. The minimum absolute atomic E-state index is 0.746. The molecule has 1 aromatic carbocycles. The molecule has 0 bridgehead atoms. The molecule has 126 valence electrons. The lowest BCUT2D eigenvalue weighted by Gasteiger charge is -2.18. The van der Waals surface area contributed by atoms with Gasteiger partial charge in [0.1, 0.15) is 11.6 Å². The molecule has 3 rings (SSSR count). The smallest absolute Gasteiger partial charge is 0.142 e. The number of hydrogen-bond donors (Lipinski definition) is 3. The molecule has 0 atom stereocenters. The Bertz CT molecular complexity index is 714. The van der Waals surface area contributed by atoms with E-state index in [1.54, 1.807) is 7.11 Å². The fourth-order valence-corrected chi connectivity index (χ4v) is 2.80. The molecule has 2 aromatic rings. The Kier molecular flexibility index (Phi) is 5.21. The monoisotopic (exact) mass is 324 g/mol. The Hall–Kier alpha value is -2.69. The van der Waals surface area contributed by atoms with E-state index in [4.69, 9.17) is 9.72 Å². The molecule has 0 spiro atoms. The van der Waals surface area contributed by atoms with Crippen molar-refractivity contribution in [2.24, 2.45) is 0 Å². The summed E-state index contributed by atoms with van der Waals surface area (Å²) < 4.78 is 5.32. The molecule has 5 heteroatoms. The van der Waals surface area contributed by atoms with Gasteiger partial charge in [-0.15, -0.1) is 0 Å². The molecule has 0 amide bonds. The molecule has 0 unspecified atom stereocenters. The van der Waals surface area contributed by atoms with E-state index in [0.29, 0.717) is 0 Å². The topological polar surface area (TPSA) is 58.2 Å². The number of nitrogens with zero attached hydrogens (tertiary/aromatic N) is 1. The number of para-hydroxylation sites is 2. The number of nitrogens with one attached hydrogen (secondary N) is 3. The van der Waals surface area contributed by atoms with Gasteiger partial charge in [-0.1, -0.05) is 24.8 Å². The maximum atomic E-state index is 5.32. The third-order valence-corrected chi connectivity index (χ3v) is 4.06. The number of aryl methyl sites for hydroxylation is 1. The molecular formula is C19H24N4O. The summed E-state index contributed by atoms with van der Waals surface area (Å²) in [6, 6.07) is 12.1. The molecule has 2 heterocycles. The van der Waals surface area contributed by atoms with Crippen LogP contribution in [0, 0.1) is 0 Å². The summed E-state index contributed by atoms with van der Waals surface area (Å²) in [5, 5.41) is 9.90. The van der Waals surface area contributed by atoms with Crippen molar-refractivity contribution in [3.05, 3.63) is 60.1 Å². The van der Waals surface area contributed by atoms with Gasteiger partial charge in [0.15, 0.2) is 0 Å². The van der Waals surface area contributed by atoms with Gasteiger partial charge in [0, 0.05) is 25.2 Å². The van der Waals surface area contributed by atoms with Crippen molar-refractivity contribution < 1.29 is 4.74 Å². The maximum Gasteiger partial charge on any atom is 0.142 e. The Morgan fingerprint density at radius 2 is 2.17 bits per heavy atom. The fourth-order valence-electron chi connectivity index (χ4n) is 2.80. The summed E-state index contributed by atoms with van der Waals surface area (Å²) in [4.78, 5) is 4.70. The second-order valence-electron chi connectivity index (χ2n) is 5.82. The van der Waals surface area contributed by atoms with Gasteiger partial charge in [-0.05, 0) is 36.6 Å². The van der Waals surface area contributed by atoms with Crippen molar-refractivity contribution >= 4 is 11.5 Å². The summed E-state index contributed by atoms with van der Waals surface area (Å²) in [6.07, 6.45) is 3.15. The normalized spacial score (nSPS) is 12.7. The number of ether oxygens (including phenoxy) is 1. The van der Waals surface area contributed by atoms with Gasteiger partial charge < -0.3 is 20.7 Å². The number of aromatic nitrogens is 1. The van der Waals surface area contributed by atoms with E-state index in [0.717, 1.165) is 54.7 Å². The predicted octanol–water partition coefficient (Wildman–Crippen LogP) is 3.16. The largest absolute Gasteiger partial charge is 0.495 e. The van der Waals surface area contributed by atoms with E-state index >= 15 is 0 Å². The quantitative estimate of drug-likeness (QED) is 0.730. The summed E-state index contributed by atoms with van der Waals surface area (Å²) in [7, 11) is 1.66. The Morgan fingerprint density at radius 1 is 1.29 bits per heavy atom. The molecule has 24 heavy (non-hydrogen) atoms. The molecule has 0 saturated carbocycles.